The summed E-state index contributed by atoms with van der Waals surface area (Å²) in [5, 5.41) is 9.36. The first kappa shape index (κ1) is 13.6. The highest BCUT2D eigenvalue weighted by molar-refractivity contribution is 5.28. The maximum Gasteiger partial charge on any atom is 0.127 e. The number of likely N-dealkylation sites (N-methyl/N-ethyl adjacent to an activating group) is 1. The van der Waals surface area contributed by atoms with Gasteiger partial charge in [-0.25, -0.2) is 4.39 Å². The molecule has 0 atom stereocenters. The van der Waals surface area contributed by atoms with Crippen molar-refractivity contribution in [3.63, 3.8) is 0 Å². The second-order valence-electron chi connectivity index (χ2n) is 4.79. The van der Waals surface area contributed by atoms with Gasteiger partial charge in [-0.15, -0.1) is 0 Å². The summed E-state index contributed by atoms with van der Waals surface area (Å²) in [6.07, 6.45) is 0.957. The van der Waals surface area contributed by atoms with Crippen LogP contribution in [0.5, 0.6) is 5.75 Å². The topological polar surface area (TPSA) is 23.5 Å². The first-order chi connectivity index (χ1) is 9.13. The number of nitrogens with zero attached hydrogens (tertiary/aromatic N) is 1. The van der Waals surface area contributed by atoms with Crippen LogP contribution in [0.25, 0.3) is 0 Å². The largest absolute Gasteiger partial charge is 0.508 e. The first-order valence-electron chi connectivity index (χ1n) is 6.34. The Morgan fingerprint density at radius 3 is 2.47 bits per heavy atom. The van der Waals surface area contributed by atoms with Gasteiger partial charge in [-0.3, -0.25) is 0 Å². The molecule has 100 valence electrons. The molecule has 19 heavy (non-hydrogen) atoms. The van der Waals surface area contributed by atoms with Gasteiger partial charge in [0.15, 0.2) is 0 Å². The molecule has 0 saturated carbocycles. The number of hydrogen-bond acceptors (Lipinski definition) is 2. The Kier molecular flexibility index (Phi) is 4.53. The van der Waals surface area contributed by atoms with Gasteiger partial charge in [0.1, 0.15) is 11.6 Å². The van der Waals surface area contributed by atoms with Crippen molar-refractivity contribution in [2.75, 3.05) is 13.6 Å². The van der Waals surface area contributed by atoms with Crippen LogP contribution < -0.4 is 0 Å². The summed E-state index contributed by atoms with van der Waals surface area (Å²) < 4.78 is 13.2. The lowest BCUT2D eigenvalue weighted by Gasteiger charge is -2.17. The SMILES string of the molecule is CN(CCc1ccccc1)Cc1cc(O)cc(F)c1. The van der Waals surface area contributed by atoms with Crippen molar-refractivity contribution < 1.29 is 9.50 Å². The maximum absolute atomic E-state index is 13.2. The zero-order valence-corrected chi connectivity index (χ0v) is 11.0. The van der Waals surface area contributed by atoms with E-state index in [1.807, 2.05) is 25.2 Å². The van der Waals surface area contributed by atoms with Crippen molar-refractivity contribution in [3.8, 4) is 5.75 Å². The number of hydrogen-bond donors (Lipinski definition) is 1. The standard InChI is InChI=1S/C16H18FNO/c1-18(8-7-13-5-3-2-4-6-13)12-14-9-15(17)11-16(19)10-14/h2-6,9-11,19H,7-8,12H2,1H3. The fourth-order valence-corrected chi connectivity index (χ4v) is 2.08. The van der Waals surface area contributed by atoms with Crippen LogP contribution in [0.4, 0.5) is 4.39 Å². The summed E-state index contributed by atoms with van der Waals surface area (Å²) in [6.45, 7) is 1.51. The molecule has 0 aliphatic rings. The lowest BCUT2D eigenvalue weighted by molar-refractivity contribution is 0.330. The fourth-order valence-electron chi connectivity index (χ4n) is 2.08. The minimum absolute atomic E-state index is 0.0218. The summed E-state index contributed by atoms with van der Waals surface area (Å²) in [6, 6.07) is 14.4. The Hall–Kier alpha value is -1.87. The number of aromatic hydroxyl groups is 1. The van der Waals surface area contributed by atoms with Crippen LogP contribution in [0, 0.1) is 5.82 Å². The highest BCUT2D eigenvalue weighted by Gasteiger charge is 2.04. The van der Waals surface area contributed by atoms with Crippen LogP contribution in [0.1, 0.15) is 11.1 Å². The fraction of sp³-hybridized carbons (Fsp3) is 0.250. The van der Waals surface area contributed by atoms with Gasteiger partial charge < -0.3 is 10.0 Å². The molecule has 0 bridgehead atoms. The number of halogens is 1. The molecule has 0 spiro atoms. The molecule has 2 aromatic carbocycles. The van der Waals surface area contributed by atoms with Gasteiger partial charge >= 0.3 is 0 Å². The average Bonchev–Trinajstić information content (AvgIpc) is 2.36. The summed E-state index contributed by atoms with van der Waals surface area (Å²) in [5.74, 6) is -0.419. The monoisotopic (exact) mass is 259 g/mol. The van der Waals surface area contributed by atoms with E-state index in [0.717, 1.165) is 24.6 Å². The molecule has 0 aliphatic carbocycles. The van der Waals surface area contributed by atoms with Crippen molar-refractivity contribution in [2.24, 2.45) is 0 Å². The Morgan fingerprint density at radius 1 is 1.05 bits per heavy atom. The Labute approximate surface area is 113 Å². The molecule has 0 unspecified atom stereocenters. The van der Waals surface area contributed by atoms with E-state index in [0.29, 0.717) is 6.54 Å². The molecular formula is C16H18FNO. The molecule has 0 aromatic heterocycles. The van der Waals surface area contributed by atoms with Crippen LogP contribution in [0.3, 0.4) is 0 Å². The summed E-state index contributed by atoms with van der Waals surface area (Å²) in [5.41, 5.74) is 2.07. The Bertz CT molecular complexity index is 507. The Balaban J connectivity index is 1.89. The van der Waals surface area contributed by atoms with Crippen molar-refractivity contribution in [3.05, 3.63) is 65.5 Å². The Morgan fingerprint density at radius 2 is 1.79 bits per heavy atom. The van der Waals surface area contributed by atoms with Crippen molar-refractivity contribution in [1.29, 1.82) is 0 Å². The van der Waals surface area contributed by atoms with Crippen molar-refractivity contribution in [1.82, 2.24) is 4.90 Å². The van der Waals surface area contributed by atoms with Gasteiger partial charge in [0, 0.05) is 19.2 Å². The normalized spacial score (nSPS) is 10.9. The van der Waals surface area contributed by atoms with Crippen LogP contribution in [-0.4, -0.2) is 23.6 Å². The highest BCUT2D eigenvalue weighted by atomic mass is 19.1. The van der Waals surface area contributed by atoms with Gasteiger partial charge in [0.05, 0.1) is 0 Å². The third-order valence-corrected chi connectivity index (χ3v) is 3.02. The molecule has 3 heteroatoms. The van der Waals surface area contributed by atoms with Gasteiger partial charge in [0.25, 0.3) is 0 Å². The number of rotatable bonds is 5. The molecule has 2 nitrogen and oxygen atoms in total. The summed E-state index contributed by atoms with van der Waals surface area (Å²) in [4.78, 5) is 2.11. The molecule has 2 aromatic rings. The van der Waals surface area contributed by atoms with Gasteiger partial charge in [-0.1, -0.05) is 30.3 Å². The molecule has 0 heterocycles. The van der Waals surface area contributed by atoms with E-state index in [4.69, 9.17) is 0 Å². The van der Waals surface area contributed by atoms with Crippen LogP contribution >= 0.6 is 0 Å². The van der Waals surface area contributed by atoms with Gasteiger partial charge in [-0.2, -0.15) is 0 Å². The molecule has 2 rings (SSSR count). The smallest absolute Gasteiger partial charge is 0.127 e. The lowest BCUT2D eigenvalue weighted by atomic mass is 10.1. The second kappa shape index (κ2) is 6.34. The van der Waals surface area contributed by atoms with E-state index in [-0.39, 0.29) is 5.75 Å². The van der Waals surface area contributed by atoms with Crippen LogP contribution in [0.2, 0.25) is 0 Å². The van der Waals surface area contributed by atoms with Crippen LogP contribution in [0.15, 0.2) is 48.5 Å². The lowest BCUT2D eigenvalue weighted by Crippen LogP contribution is -2.20. The maximum atomic E-state index is 13.2. The number of phenols is 1. The summed E-state index contributed by atoms with van der Waals surface area (Å²) in [7, 11) is 1.99. The third-order valence-electron chi connectivity index (χ3n) is 3.02. The predicted molar refractivity (Wildman–Crippen MR) is 74.5 cm³/mol. The highest BCUT2D eigenvalue weighted by Crippen LogP contribution is 2.15. The van der Waals surface area contributed by atoms with Crippen LogP contribution in [-0.2, 0) is 13.0 Å². The van der Waals surface area contributed by atoms with Crippen molar-refractivity contribution in [2.45, 2.75) is 13.0 Å². The molecule has 0 saturated heterocycles. The quantitative estimate of drug-likeness (QED) is 0.891. The van der Waals surface area contributed by atoms with Gasteiger partial charge in [0.2, 0.25) is 0 Å². The molecule has 0 fully saturated rings. The van der Waals surface area contributed by atoms with Gasteiger partial charge in [-0.05, 0) is 36.7 Å². The van der Waals surface area contributed by atoms with E-state index in [2.05, 4.69) is 17.0 Å². The van der Waals surface area contributed by atoms with Crippen molar-refractivity contribution >= 4 is 0 Å². The van der Waals surface area contributed by atoms with E-state index in [9.17, 15) is 9.50 Å². The average molecular weight is 259 g/mol. The predicted octanol–water partition coefficient (Wildman–Crippen LogP) is 3.21. The first-order valence-corrected chi connectivity index (χ1v) is 6.34. The van der Waals surface area contributed by atoms with E-state index >= 15 is 0 Å². The van der Waals surface area contributed by atoms with E-state index in [1.165, 1.54) is 11.6 Å². The van der Waals surface area contributed by atoms with E-state index in [1.54, 1.807) is 6.07 Å². The summed E-state index contributed by atoms with van der Waals surface area (Å²) >= 11 is 0. The van der Waals surface area contributed by atoms with E-state index < -0.39 is 5.82 Å². The molecule has 1 N–H and O–H groups in total. The zero-order chi connectivity index (χ0) is 13.7. The third kappa shape index (κ3) is 4.38. The molecular weight excluding hydrogens is 241 g/mol. The zero-order valence-electron chi connectivity index (χ0n) is 11.0. The number of phenolic OH excluding ortho intramolecular Hbond substituents is 1. The number of benzene rings is 2. The minimum atomic E-state index is -0.397. The molecule has 0 radical (unpaired) electrons. The molecule has 0 aliphatic heterocycles. The minimum Gasteiger partial charge on any atom is -0.508 e. The second-order valence-corrected chi connectivity index (χ2v) is 4.79. The molecule has 0 amide bonds.